The molecule has 1 amide bonds. The zero-order chi connectivity index (χ0) is 29.7. The van der Waals surface area contributed by atoms with Crippen molar-refractivity contribution >= 4 is 29.1 Å². The molecular weight excluding hydrogens is 575 g/mol. The van der Waals surface area contributed by atoms with Gasteiger partial charge in [0.2, 0.25) is 5.91 Å². The van der Waals surface area contributed by atoms with Crippen molar-refractivity contribution in [3.05, 3.63) is 69.2 Å². The molecule has 1 saturated heterocycles. The Balaban J connectivity index is 1.93. The molecule has 0 bridgehead atoms. The van der Waals surface area contributed by atoms with Gasteiger partial charge in [0.05, 0.1) is 29.8 Å². The number of carbonyl (C=O) groups is 1. The van der Waals surface area contributed by atoms with Crippen LogP contribution in [0.5, 0.6) is 0 Å². The van der Waals surface area contributed by atoms with Crippen LogP contribution in [0.25, 0.3) is 0 Å². The minimum Gasteiger partial charge on any atom is -0.396 e. The molecule has 1 unspecified atom stereocenters. The Labute approximate surface area is 248 Å². The van der Waals surface area contributed by atoms with Crippen molar-refractivity contribution in [1.29, 1.82) is 5.26 Å². The quantitative estimate of drug-likeness (QED) is 0.275. The van der Waals surface area contributed by atoms with Gasteiger partial charge in [-0.25, -0.2) is 8.78 Å². The summed E-state index contributed by atoms with van der Waals surface area (Å²) >= 11 is 12.2. The van der Waals surface area contributed by atoms with Crippen molar-refractivity contribution in [2.24, 2.45) is 11.8 Å². The van der Waals surface area contributed by atoms with Gasteiger partial charge < -0.3 is 26.0 Å². The third kappa shape index (κ3) is 6.24. The van der Waals surface area contributed by atoms with Crippen LogP contribution in [0.4, 0.5) is 8.78 Å². The second-order valence-corrected chi connectivity index (χ2v) is 11.9. The van der Waals surface area contributed by atoms with Crippen LogP contribution in [-0.2, 0) is 10.2 Å². The lowest BCUT2D eigenvalue weighted by Crippen LogP contribution is -2.51. The van der Waals surface area contributed by atoms with Crippen molar-refractivity contribution < 1.29 is 28.9 Å². The van der Waals surface area contributed by atoms with E-state index < -0.39 is 59.6 Å². The Morgan fingerprint density at radius 3 is 2.51 bits per heavy atom. The van der Waals surface area contributed by atoms with Gasteiger partial charge in [0, 0.05) is 41.6 Å². The molecule has 0 aromatic heterocycles. The Hall–Kier alpha value is -2.32. The number of nitrogens with zero attached hydrogens (tertiary/aromatic N) is 1. The second-order valence-electron chi connectivity index (χ2n) is 11.0. The summed E-state index contributed by atoms with van der Waals surface area (Å²) in [5.74, 6) is -4.04. The van der Waals surface area contributed by atoms with Crippen LogP contribution in [-0.4, -0.2) is 59.2 Å². The van der Waals surface area contributed by atoms with E-state index in [1.54, 1.807) is 0 Å². The predicted molar refractivity (Wildman–Crippen MR) is 151 cm³/mol. The van der Waals surface area contributed by atoms with E-state index in [4.69, 9.17) is 28.3 Å². The van der Waals surface area contributed by atoms with Gasteiger partial charge in [0.15, 0.2) is 0 Å². The van der Waals surface area contributed by atoms with E-state index >= 15 is 8.78 Å². The summed E-state index contributed by atoms with van der Waals surface area (Å²) in [6, 6.07) is 8.32. The Kier molecular flexibility index (Phi) is 10.6. The highest BCUT2D eigenvalue weighted by atomic mass is 35.5. The molecular formula is C30H35Cl2F2N3O4. The fourth-order valence-corrected chi connectivity index (χ4v) is 7.10. The van der Waals surface area contributed by atoms with Crippen molar-refractivity contribution in [2.75, 3.05) is 19.8 Å². The summed E-state index contributed by atoms with van der Waals surface area (Å²) in [7, 11) is 0. The van der Waals surface area contributed by atoms with Crippen molar-refractivity contribution in [3.8, 4) is 6.07 Å². The lowest BCUT2D eigenvalue weighted by molar-refractivity contribution is -0.123. The van der Waals surface area contributed by atoms with E-state index in [1.165, 1.54) is 30.3 Å². The summed E-state index contributed by atoms with van der Waals surface area (Å²) in [5.41, 5.74) is -1.96. The third-order valence-corrected chi connectivity index (χ3v) is 9.24. The number of benzene rings is 2. The number of hydrogen-bond donors (Lipinski definition) is 5. The van der Waals surface area contributed by atoms with Gasteiger partial charge in [0.1, 0.15) is 17.0 Å². The van der Waals surface area contributed by atoms with Gasteiger partial charge in [-0.05, 0) is 36.1 Å². The van der Waals surface area contributed by atoms with Gasteiger partial charge in [-0.3, -0.25) is 4.79 Å². The molecule has 222 valence electrons. The predicted octanol–water partition coefficient (Wildman–Crippen LogP) is 4.21. The monoisotopic (exact) mass is 609 g/mol. The molecule has 11 heteroatoms. The summed E-state index contributed by atoms with van der Waals surface area (Å²) in [6.07, 6.45) is 3.51. The topological polar surface area (TPSA) is 126 Å². The molecule has 7 nitrogen and oxygen atoms in total. The van der Waals surface area contributed by atoms with Gasteiger partial charge in [-0.1, -0.05) is 73.5 Å². The highest BCUT2D eigenvalue weighted by molar-refractivity contribution is 6.31. The number of nitriles is 1. The first-order chi connectivity index (χ1) is 19.7. The molecule has 1 aliphatic carbocycles. The maximum absolute atomic E-state index is 15.8. The standard InChI is InChI=1S/C30H35Cl2F2N3O4/c31-18-9-10-22(24(33)13-18)30(16-35)25(20-7-4-8-23(32)26(20)34)27(29(41)36-12-11-19(40)14-38)37-28(30)21(15-39)17-5-2-1-3-6-17/h4,7-10,13,17,19,21,25,27-28,37-40H,1-3,5-6,11-12,14-15H2,(H,36,41)/t19-,21?,25-,27+,28-,30+/m0/s1. The molecule has 2 fully saturated rings. The molecule has 5 N–H and O–H groups in total. The Morgan fingerprint density at radius 2 is 1.88 bits per heavy atom. The Bertz CT molecular complexity index is 1270. The zero-order valence-corrected chi connectivity index (χ0v) is 24.0. The van der Waals surface area contributed by atoms with E-state index in [-0.39, 0.29) is 46.7 Å². The fraction of sp³-hybridized carbons (Fsp3) is 0.533. The van der Waals surface area contributed by atoms with E-state index in [0.717, 1.165) is 38.2 Å². The largest absolute Gasteiger partial charge is 0.396 e. The van der Waals surface area contributed by atoms with Crippen LogP contribution in [0, 0.1) is 34.8 Å². The van der Waals surface area contributed by atoms with Gasteiger partial charge in [-0.15, -0.1) is 0 Å². The maximum atomic E-state index is 15.8. The van der Waals surface area contributed by atoms with Gasteiger partial charge in [0.25, 0.3) is 0 Å². The van der Waals surface area contributed by atoms with E-state index in [9.17, 15) is 20.3 Å². The second kappa shape index (κ2) is 13.8. The number of nitrogens with one attached hydrogen (secondary N) is 2. The van der Waals surface area contributed by atoms with Crippen LogP contribution >= 0.6 is 23.2 Å². The number of aliphatic hydroxyl groups is 3. The third-order valence-electron chi connectivity index (χ3n) is 8.72. The van der Waals surface area contributed by atoms with Crippen molar-refractivity contribution in [2.45, 2.75) is 68.0 Å². The molecule has 41 heavy (non-hydrogen) atoms. The van der Waals surface area contributed by atoms with Crippen LogP contribution in [0.3, 0.4) is 0 Å². The molecule has 2 aliphatic rings. The molecule has 1 heterocycles. The number of rotatable bonds is 10. The average molecular weight is 611 g/mol. The van der Waals surface area contributed by atoms with E-state index in [1.807, 2.05) is 0 Å². The Morgan fingerprint density at radius 1 is 1.15 bits per heavy atom. The minimum absolute atomic E-state index is 0.00489. The molecule has 4 rings (SSSR count). The molecule has 1 aliphatic heterocycles. The highest BCUT2D eigenvalue weighted by Gasteiger charge is 2.63. The summed E-state index contributed by atoms with van der Waals surface area (Å²) in [4.78, 5) is 13.7. The molecule has 2 aromatic carbocycles. The zero-order valence-electron chi connectivity index (χ0n) is 22.5. The molecule has 0 radical (unpaired) electrons. The first kappa shape index (κ1) is 31.6. The number of amides is 1. The highest BCUT2D eigenvalue weighted by Crippen LogP contribution is 2.54. The minimum atomic E-state index is -1.85. The average Bonchev–Trinajstić information content (AvgIpc) is 3.30. The van der Waals surface area contributed by atoms with Crippen LogP contribution in [0.1, 0.15) is 55.6 Å². The molecule has 6 atom stereocenters. The number of carbonyl (C=O) groups excluding carboxylic acids is 1. The summed E-state index contributed by atoms with van der Waals surface area (Å²) < 4.78 is 31.6. The lowest BCUT2D eigenvalue weighted by Gasteiger charge is -2.41. The fourth-order valence-electron chi connectivity index (χ4n) is 6.76. The first-order valence-electron chi connectivity index (χ1n) is 13.9. The van der Waals surface area contributed by atoms with Crippen molar-refractivity contribution in [1.82, 2.24) is 10.6 Å². The van der Waals surface area contributed by atoms with Gasteiger partial charge >= 0.3 is 0 Å². The summed E-state index contributed by atoms with van der Waals surface area (Å²) in [5, 5.41) is 46.5. The first-order valence-corrected chi connectivity index (χ1v) is 14.7. The van der Waals surface area contributed by atoms with Crippen LogP contribution in [0.2, 0.25) is 10.0 Å². The normalized spacial score (nSPS) is 26.3. The number of hydrogen-bond acceptors (Lipinski definition) is 6. The number of halogens is 4. The van der Waals surface area contributed by atoms with Crippen LogP contribution < -0.4 is 10.6 Å². The van der Waals surface area contributed by atoms with E-state index in [0.29, 0.717) is 0 Å². The van der Waals surface area contributed by atoms with Crippen LogP contribution in [0.15, 0.2) is 36.4 Å². The number of aliphatic hydroxyl groups excluding tert-OH is 3. The SMILES string of the molecule is N#C[C@]1(c2ccc(Cl)cc2F)[C@H](C(CO)C2CCCCC2)N[C@@H](C(=O)NCC[C@H](O)CO)[C@@H]1c1cccc(Cl)c1F. The smallest absolute Gasteiger partial charge is 0.237 e. The summed E-state index contributed by atoms with van der Waals surface area (Å²) in [6.45, 7) is -0.819. The van der Waals surface area contributed by atoms with Crippen molar-refractivity contribution in [3.63, 3.8) is 0 Å². The molecule has 0 spiro atoms. The van der Waals surface area contributed by atoms with Gasteiger partial charge in [-0.2, -0.15) is 5.26 Å². The molecule has 1 saturated carbocycles. The molecule has 2 aromatic rings. The lowest BCUT2D eigenvalue weighted by atomic mass is 9.60. The maximum Gasteiger partial charge on any atom is 0.237 e. The van der Waals surface area contributed by atoms with E-state index in [2.05, 4.69) is 16.7 Å².